The maximum Gasteiger partial charge on any atom is 0.227 e. The average Bonchev–Trinajstić information content (AvgIpc) is 3.30. The maximum atomic E-state index is 13.0. The smallest absolute Gasteiger partial charge is 0.227 e. The van der Waals surface area contributed by atoms with E-state index in [4.69, 9.17) is 0 Å². The van der Waals surface area contributed by atoms with E-state index in [1.54, 1.807) is 25.6 Å². The largest absolute Gasteiger partial charge is 0.348 e. The zero-order valence-electron chi connectivity index (χ0n) is 14.3. The molecule has 0 aromatic carbocycles. The Morgan fingerprint density at radius 1 is 1.42 bits per heavy atom. The predicted molar refractivity (Wildman–Crippen MR) is 98.1 cm³/mol. The summed E-state index contributed by atoms with van der Waals surface area (Å²) in [4.78, 5) is 38.9. The number of rotatable bonds is 4. The van der Waals surface area contributed by atoms with Crippen molar-refractivity contribution in [3.8, 4) is 0 Å². The van der Waals surface area contributed by atoms with Crippen LogP contribution in [0.4, 0.5) is 0 Å². The molecule has 4 heterocycles. The molecule has 0 aliphatic carbocycles. The van der Waals surface area contributed by atoms with Gasteiger partial charge in [0.1, 0.15) is 6.04 Å². The standard InChI is InChI=1S/C19H18N4O2S/c1-12(24)16-7-13(10-26-16)8-17(25)23-6-4-15-18(22-11-21-15)19(23)14-3-2-5-20-9-14/h2-3,5,7,9-11,19H,4,6,8H2,1H3,(H,21,22)/t19-/m1/s1. The third-order valence-corrected chi connectivity index (χ3v) is 5.68. The van der Waals surface area contributed by atoms with Gasteiger partial charge in [-0.05, 0) is 35.6 Å². The zero-order chi connectivity index (χ0) is 18.1. The van der Waals surface area contributed by atoms with Crippen LogP contribution in [0.1, 0.15) is 45.2 Å². The number of Topliss-reactive ketones (excluding diaryl/α,β-unsaturated/α-hetero) is 1. The molecule has 0 bridgehead atoms. The van der Waals surface area contributed by atoms with E-state index in [1.807, 2.05) is 28.5 Å². The summed E-state index contributed by atoms with van der Waals surface area (Å²) < 4.78 is 0. The molecule has 0 saturated carbocycles. The van der Waals surface area contributed by atoms with Gasteiger partial charge in [-0.2, -0.15) is 0 Å². The van der Waals surface area contributed by atoms with Gasteiger partial charge < -0.3 is 9.88 Å². The van der Waals surface area contributed by atoms with Crippen LogP contribution >= 0.6 is 11.3 Å². The average molecular weight is 366 g/mol. The number of pyridine rings is 1. The summed E-state index contributed by atoms with van der Waals surface area (Å²) in [5.41, 5.74) is 3.77. The highest BCUT2D eigenvalue weighted by Crippen LogP contribution is 2.33. The number of aromatic nitrogens is 3. The minimum Gasteiger partial charge on any atom is -0.348 e. The number of aromatic amines is 1. The van der Waals surface area contributed by atoms with Crippen molar-refractivity contribution in [1.82, 2.24) is 19.9 Å². The second-order valence-corrected chi connectivity index (χ2v) is 7.26. The number of ketones is 1. The van der Waals surface area contributed by atoms with Gasteiger partial charge in [-0.3, -0.25) is 14.6 Å². The minimum atomic E-state index is -0.239. The Labute approximate surface area is 154 Å². The van der Waals surface area contributed by atoms with Crippen molar-refractivity contribution in [2.24, 2.45) is 0 Å². The lowest BCUT2D eigenvalue weighted by molar-refractivity contribution is -0.132. The summed E-state index contributed by atoms with van der Waals surface area (Å²) in [6, 6.07) is 5.42. The molecule has 7 heteroatoms. The lowest BCUT2D eigenvalue weighted by atomic mass is 9.96. The van der Waals surface area contributed by atoms with Crippen molar-refractivity contribution in [2.45, 2.75) is 25.8 Å². The highest BCUT2D eigenvalue weighted by Gasteiger charge is 2.34. The van der Waals surface area contributed by atoms with E-state index in [0.717, 1.165) is 28.9 Å². The first-order chi connectivity index (χ1) is 12.6. The quantitative estimate of drug-likeness (QED) is 0.720. The molecule has 132 valence electrons. The van der Waals surface area contributed by atoms with Gasteiger partial charge in [0.25, 0.3) is 0 Å². The SMILES string of the molecule is CC(=O)c1cc(CC(=O)N2CCc3[nH]cnc3[C@H]2c2cccnc2)cs1. The molecule has 1 N–H and O–H groups in total. The van der Waals surface area contributed by atoms with Crippen molar-refractivity contribution in [3.05, 3.63) is 69.7 Å². The molecule has 3 aromatic heterocycles. The van der Waals surface area contributed by atoms with E-state index in [2.05, 4.69) is 15.0 Å². The number of hydrogen-bond donors (Lipinski definition) is 1. The Kier molecular flexibility index (Phi) is 4.38. The number of H-pyrrole nitrogens is 1. The summed E-state index contributed by atoms with van der Waals surface area (Å²) >= 11 is 1.39. The van der Waals surface area contributed by atoms with Crippen LogP contribution in [0.25, 0.3) is 0 Å². The van der Waals surface area contributed by atoms with Crippen molar-refractivity contribution >= 4 is 23.0 Å². The van der Waals surface area contributed by atoms with Gasteiger partial charge >= 0.3 is 0 Å². The van der Waals surface area contributed by atoms with Crippen molar-refractivity contribution in [1.29, 1.82) is 0 Å². The molecule has 0 saturated heterocycles. The van der Waals surface area contributed by atoms with E-state index in [1.165, 1.54) is 11.3 Å². The molecule has 0 radical (unpaired) electrons. The summed E-state index contributed by atoms with van der Waals surface area (Å²) in [5, 5.41) is 1.89. The van der Waals surface area contributed by atoms with Crippen LogP contribution in [-0.2, 0) is 17.6 Å². The normalized spacial score (nSPS) is 16.3. The number of nitrogens with one attached hydrogen (secondary N) is 1. The lowest BCUT2D eigenvalue weighted by Crippen LogP contribution is -2.41. The first kappa shape index (κ1) is 16.7. The molecule has 3 aromatic rings. The fourth-order valence-electron chi connectivity index (χ4n) is 3.35. The second kappa shape index (κ2) is 6.84. The number of nitrogens with zero attached hydrogens (tertiary/aromatic N) is 3. The second-order valence-electron chi connectivity index (χ2n) is 6.34. The summed E-state index contributed by atoms with van der Waals surface area (Å²) in [7, 11) is 0. The summed E-state index contributed by atoms with van der Waals surface area (Å²) in [5.74, 6) is 0.0569. The third-order valence-electron chi connectivity index (χ3n) is 4.60. The van der Waals surface area contributed by atoms with Crippen LogP contribution in [-0.4, -0.2) is 38.1 Å². The van der Waals surface area contributed by atoms with E-state index in [9.17, 15) is 9.59 Å². The number of fused-ring (bicyclic) bond motifs is 1. The fourth-order valence-corrected chi connectivity index (χ4v) is 4.16. The van der Waals surface area contributed by atoms with E-state index < -0.39 is 0 Å². The highest BCUT2D eigenvalue weighted by molar-refractivity contribution is 7.12. The molecule has 1 aliphatic rings. The first-order valence-corrected chi connectivity index (χ1v) is 9.31. The minimum absolute atomic E-state index is 0.0282. The van der Waals surface area contributed by atoms with Gasteiger partial charge in [0.05, 0.1) is 23.3 Å². The van der Waals surface area contributed by atoms with E-state index in [0.29, 0.717) is 11.4 Å². The van der Waals surface area contributed by atoms with Gasteiger partial charge in [0.15, 0.2) is 5.78 Å². The molecule has 4 rings (SSSR count). The Bertz CT molecular complexity index is 947. The van der Waals surface area contributed by atoms with E-state index >= 15 is 0 Å². The maximum absolute atomic E-state index is 13.0. The molecule has 26 heavy (non-hydrogen) atoms. The molecular formula is C19H18N4O2S. The van der Waals surface area contributed by atoms with Gasteiger partial charge in [-0.15, -0.1) is 11.3 Å². The van der Waals surface area contributed by atoms with Gasteiger partial charge in [0, 0.05) is 31.1 Å². The summed E-state index contributed by atoms with van der Waals surface area (Å²) in [6.45, 7) is 2.16. The zero-order valence-corrected chi connectivity index (χ0v) is 15.1. The Morgan fingerprint density at radius 3 is 3.04 bits per heavy atom. The topological polar surface area (TPSA) is 79.0 Å². The molecule has 1 aliphatic heterocycles. The number of carbonyl (C=O) groups excluding carboxylic acids is 2. The molecule has 1 amide bonds. The van der Waals surface area contributed by atoms with Crippen molar-refractivity contribution in [3.63, 3.8) is 0 Å². The number of amides is 1. The molecule has 0 fully saturated rings. The fraction of sp³-hybridized carbons (Fsp3) is 0.263. The molecule has 0 unspecified atom stereocenters. The first-order valence-electron chi connectivity index (χ1n) is 8.43. The van der Waals surface area contributed by atoms with Crippen LogP contribution in [0.2, 0.25) is 0 Å². The van der Waals surface area contributed by atoms with Crippen LogP contribution in [0.5, 0.6) is 0 Å². The monoisotopic (exact) mass is 366 g/mol. The summed E-state index contributed by atoms with van der Waals surface area (Å²) in [6.07, 6.45) is 6.21. The molecular weight excluding hydrogens is 348 g/mol. The van der Waals surface area contributed by atoms with Crippen molar-refractivity contribution in [2.75, 3.05) is 6.54 Å². The molecule has 1 atom stereocenters. The Hall–Kier alpha value is -2.80. The number of carbonyl (C=O) groups is 2. The van der Waals surface area contributed by atoms with Crippen LogP contribution in [0.3, 0.4) is 0 Å². The van der Waals surface area contributed by atoms with Crippen LogP contribution in [0.15, 0.2) is 42.3 Å². The Morgan fingerprint density at radius 2 is 2.31 bits per heavy atom. The number of hydrogen-bond acceptors (Lipinski definition) is 5. The highest BCUT2D eigenvalue weighted by atomic mass is 32.1. The van der Waals surface area contributed by atoms with Crippen molar-refractivity contribution < 1.29 is 9.59 Å². The predicted octanol–water partition coefficient (Wildman–Crippen LogP) is 2.79. The van der Waals surface area contributed by atoms with Crippen LogP contribution in [0, 0.1) is 0 Å². The van der Waals surface area contributed by atoms with Gasteiger partial charge in [-0.25, -0.2) is 4.98 Å². The van der Waals surface area contributed by atoms with E-state index in [-0.39, 0.29) is 24.2 Å². The third kappa shape index (κ3) is 3.06. The lowest BCUT2D eigenvalue weighted by Gasteiger charge is -2.35. The Balaban J connectivity index is 1.63. The van der Waals surface area contributed by atoms with Gasteiger partial charge in [-0.1, -0.05) is 6.07 Å². The van der Waals surface area contributed by atoms with Crippen LogP contribution < -0.4 is 0 Å². The van der Waals surface area contributed by atoms with Gasteiger partial charge in [0.2, 0.25) is 5.91 Å². The molecule has 6 nitrogen and oxygen atoms in total. The number of imidazole rings is 1. The number of thiophene rings is 1. The molecule has 0 spiro atoms.